The van der Waals surface area contributed by atoms with Crippen LogP contribution in [-0.4, -0.2) is 17.6 Å². The predicted molar refractivity (Wildman–Crippen MR) is 77.8 cm³/mol. The third kappa shape index (κ3) is 3.72. The maximum Gasteiger partial charge on any atom is 0.336 e. The highest BCUT2D eigenvalue weighted by Crippen LogP contribution is 2.25. The van der Waals surface area contributed by atoms with E-state index in [0.717, 1.165) is 23.7 Å². The van der Waals surface area contributed by atoms with Crippen molar-refractivity contribution in [1.29, 1.82) is 0 Å². The van der Waals surface area contributed by atoms with Crippen molar-refractivity contribution in [2.75, 3.05) is 11.9 Å². The Hall–Kier alpha value is -1.51. The second kappa shape index (κ2) is 6.60. The standard InChI is InChI=1S/C16H23NO2/c1-12-14(16(18)19)9-6-10-15(12)17-11-13-7-4-2-3-5-8-13/h6,9-10,13,17H,2-5,7-8,11H2,1H3,(H,18,19). The zero-order valence-corrected chi connectivity index (χ0v) is 11.6. The van der Waals surface area contributed by atoms with E-state index in [-0.39, 0.29) is 0 Å². The van der Waals surface area contributed by atoms with E-state index < -0.39 is 5.97 Å². The molecule has 0 heterocycles. The lowest BCUT2D eigenvalue weighted by Gasteiger charge is -2.17. The molecule has 0 radical (unpaired) electrons. The number of anilines is 1. The highest BCUT2D eigenvalue weighted by Gasteiger charge is 2.14. The maximum atomic E-state index is 11.1. The van der Waals surface area contributed by atoms with Gasteiger partial charge >= 0.3 is 5.97 Å². The number of carboxylic acid groups (broad SMARTS) is 1. The Kier molecular flexibility index (Phi) is 4.83. The fourth-order valence-electron chi connectivity index (χ4n) is 2.88. The predicted octanol–water partition coefficient (Wildman–Crippen LogP) is 4.08. The van der Waals surface area contributed by atoms with E-state index in [1.54, 1.807) is 6.07 Å². The lowest BCUT2D eigenvalue weighted by Crippen LogP contribution is -2.15. The second-order valence-corrected chi connectivity index (χ2v) is 5.52. The Morgan fingerprint density at radius 1 is 1.26 bits per heavy atom. The van der Waals surface area contributed by atoms with E-state index in [2.05, 4.69) is 5.32 Å². The van der Waals surface area contributed by atoms with E-state index >= 15 is 0 Å². The van der Waals surface area contributed by atoms with E-state index in [1.807, 2.05) is 19.1 Å². The molecule has 1 aliphatic carbocycles. The molecular weight excluding hydrogens is 238 g/mol. The molecule has 19 heavy (non-hydrogen) atoms. The molecule has 0 bridgehead atoms. The average Bonchev–Trinajstić information content (AvgIpc) is 2.66. The molecule has 104 valence electrons. The normalized spacial score (nSPS) is 16.9. The summed E-state index contributed by atoms with van der Waals surface area (Å²) in [7, 11) is 0. The van der Waals surface area contributed by atoms with Crippen LogP contribution in [0.5, 0.6) is 0 Å². The Morgan fingerprint density at radius 3 is 2.58 bits per heavy atom. The van der Waals surface area contributed by atoms with Gasteiger partial charge in [0, 0.05) is 12.2 Å². The lowest BCUT2D eigenvalue weighted by atomic mass is 10.00. The summed E-state index contributed by atoms with van der Waals surface area (Å²) in [4.78, 5) is 11.1. The fraction of sp³-hybridized carbons (Fsp3) is 0.562. The van der Waals surface area contributed by atoms with Crippen LogP contribution in [0.25, 0.3) is 0 Å². The molecule has 0 aliphatic heterocycles. The van der Waals surface area contributed by atoms with Crippen molar-refractivity contribution < 1.29 is 9.90 Å². The van der Waals surface area contributed by atoms with E-state index in [4.69, 9.17) is 5.11 Å². The number of rotatable bonds is 4. The number of benzene rings is 1. The van der Waals surface area contributed by atoms with Crippen LogP contribution in [0.1, 0.15) is 54.4 Å². The first-order chi connectivity index (χ1) is 9.18. The van der Waals surface area contributed by atoms with Crippen LogP contribution in [0.2, 0.25) is 0 Å². The summed E-state index contributed by atoms with van der Waals surface area (Å²) in [5.41, 5.74) is 2.19. The molecule has 1 aromatic carbocycles. The largest absolute Gasteiger partial charge is 0.478 e. The molecule has 3 heteroatoms. The Balaban J connectivity index is 1.99. The molecule has 0 spiro atoms. The third-order valence-corrected chi connectivity index (χ3v) is 4.12. The van der Waals surface area contributed by atoms with Crippen molar-refractivity contribution in [1.82, 2.24) is 0 Å². The van der Waals surface area contributed by atoms with Gasteiger partial charge in [0.25, 0.3) is 0 Å². The average molecular weight is 261 g/mol. The number of hydrogen-bond donors (Lipinski definition) is 2. The van der Waals surface area contributed by atoms with Crippen molar-refractivity contribution in [2.24, 2.45) is 5.92 Å². The van der Waals surface area contributed by atoms with E-state index in [9.17, 15) is 4.79 Å². The molecule has 1 saturated carbocycles. The number of hydrogen-bond acceptors (Lipinski definition) is 2. The van der Waals surface area contributed by atoms with Crippen molar-refractivity contribution >= 4 is 11.7 Å². The van der Waals surface area contributed by atoms with Crippen molar-refractivity contribution in [2.45, 2.75) is 45.4 Å². The van der Waals surface area contributed by atoms with Gasteiger partial charge in [0.1, 0.15) is 0 Å². The molecule has 1 aromatic rings. The topological polar surface area (TPSA) is 49.3 Å². The summed E-state index contributed by atoms with van der Waals surface area (Å²) in [5.74, 6) is -0.119. The number of carboxylic acids is 1. The SMILES string of the molecule is Cc1c(NCC2CCCCCC2)cccc1C(=O)O. The van der Waals surface area contributed by atoms with E-state index in [1.165, 1.54) is 38.5 Å². The summed E-state index contributed by atoms with van der Waals surface area (Å²) < 4.78 is 0. The van der Waals surface area contributed by atoms with Crippen LogP contribution in [0.15, 0.2) is 18.2 Å². The van der Waals surface area contributed by atoms with Gasteiger partial charge in [-0.15, -0.1) is 0 Å². The van der Waals surface area contributed by atoms with Gasteiger partial charge in [-0.2, -0.15) is 0 Å². The van der Waals surface area contributed by atoms with Crippen molar-refractivity contribution in [3.8, 4) is 0 Å². The summed E-state index contributed by atoms with van der Waals surface area (Å²) in [6.07, 6.45) is 7.99. The molecule has 3 nitrogen and oxygen atoms in total. The Bertz CT molecular complexity index is 434. The molecule has 2 N–H and O–H groups in total. The van der Waals surface area contributed by atoms with Gasteiger partial charge in [0.05, 0.1) is 5.56 Å². The first-order valence-electron chi connectivity index (χ1n) is 7.25. The number of aromatic carboxylic acids is 1. The molecule has 0 amide bonds. The minimum absolute atomic E-state index is 0.394. The van der Waals surface area contributed by atoms with Crippen LogP contribution in [0.4, 0.5) is 5.69 Å². The summed E-state index contributed by atoms with van der Waals surface area (Å²) in [5, 5.41) is 12.6. The van der Waals surface area contributed by atoms with Crippen molar-refractivity contribution in [3.05, 3.63) is 29.3 Å². The van der Waals surface area contributed by atoms with E-state index in [0.29, 0.717) is 5.56 Å². The first-order valence-corrected chi connectivity index (χ1v) is 7.25. The highest BCUT2D eigenvalue weighted by atomic mass is 16.4. The van der Waals surface area contributed by atoms with Crippen LogP contribution < -0.4 is 5.32 Å². The van der Waals surface area contributed by atoms with Gasteiger partial charge in [0.2, 0.25) is 0 Å². The molecule has 0 unspecified atom stereocenters. The minimum atomic E-state index is -0.851. The zero-order chi connectivity index (χ0) is 13.7. The first kappa shape index (κ1) is 13.9. The summed E-state index contributed by atoms with van der Waals surface area (Å²) >= 11 is 0. The second-order valence-electron chi connectivity index (χ2n) is 5.52. The van der Waals surface area contributed by atoms with Crippen LogP contribution in [-0.2, 0) is 0 Å². The zero-order valence-electron chi connectivity index (χ0n) is 11.6. The molecule has 0 aromatic heterocycles. The Morgan fingerprint density at radius 2 is 1.95 bits per heavy atom. The molecule has 1 aliphatic rings. The van der Waals surface area contributed by atoms with Crippen molar-refractivity contribution in [3.63, 3.8) is 0 Å². The third-order valence-electron chi connectivity index (χ3n) is 4.12. The number of nitrogens with one attached hydrogen (secondary N) is 1. The maximum absolute atomic E-state index is 11.1. The van der Waals surface area contributed by atoms with Gasteiger partial charge < -0.3 is 10.4 Å². The van der Waals surface area contributed by atoms with Crippen LogP contribution >= 0.6 is 0 Å². The van der Waals surface area contributed by atoms with Crippen LogP contribution in [0.3, 0.4) is 0 Å². The molecule has 0 atom stereocenters. The van der Waals surface area contributed by atoms with Gasteiger partial charge in [-0.05, 0) is 43.4 Å². The summed E-state index contributed by atoms with van der Waals surface area (Å²) in [6, 6.07) is 5.44. The van der Waals surface area contributed by atoms with Gasteiger partial charge in [-0.1, -0.05) is 31.7 Å². The highest BCUT2D eigenvalue weighted by molar-refractivity contribution is 5.91. The lowest BCUT2D eigenvalue weighted by molar-refractivity contribution is 0.0696. The molecule has 0 saturated heterocycles. The summed E-state index contributed by atoms with van der Waals surface area (Å²) in [6.45, 7) is 2.84. The molecular formula is C16H23NO2. The quantitative estimate of drug-likeness (QED) is 0.803. The van der Waals surface area contributed by atoms with Gasteiger partial charge in [-0.3, -0.25) is 0 Å². The van der Waals surface area contributed by atoms with Gasteiger partial charge in [-0.25, -0.2) is 4.79 Å². The fourth-order valence-corrected chi connectivity index (χ4v) is 2.88. The van der Waals surface area contributed by atoms with Gasteiger partial charge in [0.15, 0.2) is 0 Å². The Labute approximate surface area is 115 Å². The monoisotopic (exact) mass is 261 g/mol. The number of carbonyl (C=O) groups is 1. The smallest absolute Gasteiger partial charge is 0.336 e. The minimum Gasteiger partial charge on any atom is -0.478 e. The molecule has 2 rings (SSSR count). The van der Waals surface area contributed by atoms with Crippen LogP contribution in [0, 0.1) is 12.8 Å². The molecule has 1 fully saturated rings.